The fraction of sp³-hybridized carbons (Fsp3) is 0. The minimum absolute atomic E-state index is 0.0645. The smallest absolute Gasteiger partial charge is 0.322 e. The van der Waals surface area contributed by atoms with E-state index < -0.39 is 0 Å². The van der Waals surface area contributed by atoms with Gasteiger partial charge in [0.15, 0.2) is 0 Å². The van der Waals surface area contributed by atoms with E-state index in [-0.39, 0.29) is 11.9 Å². The number of amides is 1. The molecule has 0 spiro atoms. The predicted molar refractivity (Wildman–Crippen MR) is 81.8 cm³/mol. The first-order chi connectivity index (χ1) is 10.2. The molecule has 1 amide bonds. The Balaban J connectivity index is 1.79. The van der Waals surface area contributed by atoms with Crippen molar-refractivity contribution >= 4 is 27.9 Å². The molecule has 1 heterocycles. The first-order valence-corrected chi connectivity index (χ1v) is 6.98. The van der Waals surface area contributed by atoms with E-state index >= 15 is 0 Å². The molecule has 6 heteroatoms. The summed E-state index contributed by atoms with van der Waals surface area (Å²) < 4.78 is 6.13. The predicted octanol–water partition coefficient (Wildman–Crippen LogP) is 3.75. The summed E-state index contributed by atoms with van der Waals surface area (Å²) >= 11 is 3.32. The number of benzene rings is 2. The van der Waals surface area contributed by atoms with Gasteiger partial charge in [0.25, 0.3) is 5.91 Å². The molecule has 0 radical (unpaired) electrons. The molecule has 0 aliphatic rings. The number of carbonyl (C=O) groups is 1. The molecule has 104 valence electrons. The molecular formula is C15H10BrN3O2. The highest BCUT2D eigenvalue weighted by Gasteiger charge is 2.14. The average Bonchev–Trinajstić information content (AvgIpc) is 2.97. The molecule has 0 fully saturated rings. The highest BCUT2D eigenvalue weighted by molar-refractivity contribution is 9.10. The summed E-state index contributed by atoms with van der Waals surface area (Å²) in [6.45, 7) is 0. The number of aromatic nitrogens is 2. The third kappa shape index (κ3) is 3.00. The van der Waals surface area contributed by atoms with Crippen LogP contribution in [0.4, 0.5) is 6.01 Å². The van der Waals surface area contributed by atoms with Crippen LogP contribution in [0.15, 0.2) is 63.5 Å². The molecule has 21 heavy (non-hydrogen) atoms. The van der Waals surface area contributed by atoms with Gasteiger partial charge in [-0.2, -0.15) is 0 Å². The Hall–Kier alpha value is -2.47. The summed E-state index contributed by atoms with van der Waals surface area (Å²) in [5.74, 6) is 0.0452. The van der Waals surface area contributed by atoms with Crippen molar-refractivity contribution in [3.63, 3.8) is 0 Å². The Bertz CT molecular complexity index is 771. The second-order valence-corrected chi connectivity index (χ2v) is 5.07. The van der Waals surface area contributed by atoms with E-state index in [9.17, 15) is 4.79 Å². The van der Waals surface area contributed by atoms with Gasteiger partial charge in [-0.25, -0.2) is 0 Å². The van der Waals surface area contributed by atoms with E-state index in [0.29, 0.717) is 15.9 Å². The number of hydrogen-bond donors (Lipinski definition) is 1. The van der Waals surface area contributed by atoms with Crippen molar-refractivity contribution in [1.82, 2.24) is 10.2 Å². The molecule has 0 saturated heterocycles. The van der Waals surface area contributed by atoms with Crippen molar-refractivity contribution in [1.29, 1.82) is 0 Å². The summed E-state index contributed by atoms with van der Waals surface area (Å²) in [5.41, 5.74) is 1.29. The van der Waals surface area contributed by atoms with Crippen LogP contribution in [0.1, 0.15) is 10.4 Å². The van der Waals surface area contributed by atoms with Gasteiger partial charge < -0.3 is 4.42 Å². The van der Waals surface area contributed by atoms with Gasteiger partial charge in [-0.05, 0) is 40.2 Å². The third-order valence-electron chi connectivity index (χ3n) is 2.78. The lowest BCUT2D eigenvalue weighted by molar-refractivity contribution is 0.102. The van der Waals surface area contributed by atoms with Crippen LogP contribution in [0, 0.1) is 0 Å². The Labute approximate surface area is 129 Å². The summed E-state index contributed by atoms with van der Waals surface area (Å²) in [7, 11) is 0. The van der Waals surface area contributed by atoms with Gasteiger partial charge in [-0.15, -0.1) is 5.10 Å². The standard InChI is InChI=1S/C15H10BrN3O2/c16-12-9-5-4-8-11(12)13(20)17-15-19-18-14(21-15)10-6-2-1-3-7-10/h1-9H,(H,17,19,20). The number of hydrogen-bond acceptors (Lipinski definition) is 4. The van der Waals surface area contributed by atoms with Crippen LogP contribution in [-0.4, -0.2) is 16.1 Å². The maximum Gasteiger partial charge on any atom is 0.322 e. The highest BCUT2D eigenvalue weighted by Crippen LogP contribution is 2.21. The summed E-state index contributed by atoms with van der Waals surface area (Å²) in [5, 5.41) is 10.3. The minimum atomic E-state index is -0.314. The van der Waals surface area contributed by atoms with Gasteiger partial charge in [-0.1, -0.05) is 35.4 Å². The van der Waals surface area contributed by atoms with Gasteiger partial charge >= 0.3 is 6.01 Å². The molecule has 1 aromatic heterocycles. The van der Waals surface area contributed by atoms with Crippen molar-refractivity contribution in [2.75, 3.05) is 5.32 Å². The van der Waals surface area contributed by atoms with E-state index in [1.807, 2.05) is 36.4 Å². The lowest BCUT2D eigenvalue weighted by Gasteiger charge is -2.02. The monoisotopic (exact) mass is 343 g/mol. The quantitative estimate of drug-likeness (QED) is 0.786. The molecule has 5 nitrogen and oxygen atoms in total. The first-order valence-electron chi connectivity index (χ1n) is 6.19. The fourth-order valence-corrected chi connectivity index (χ4v) is 2.25. The van der Waals surface area contributed by atoms with Gasteiger partial charge in [0.1, 0.15) is 0 Å². The van der Waals surface area contributed by atoms with Crippen molar-refractivity contribution < 1.29 is 9.21 Å². The van der Waals surface area contributed by atoms with Crippen molar-refractivity contribution in [3.05, 3.63) is 64.6 Å². The summed E-state index contributed by atoms with van der Waals surface area (Å²) in [6.07, 6.45) is 0. The van der Waals surface area contributed by atoms with Crippen LogP contribution in [0.25, 0.3) is 11.5 Å². The Morgan fingerprint density at radius 1 is 1.00 bits per heavy atom. The van der Waals surface area contributed by atoms with E-state index in [2.05, 4.69) is 31.4 Å². The van der Waals surface area contributed by atoms with Gasteiger partial charge in [-0.3, -0.25) is 10.1 Å². The number of nitrogens with zero attached hydrogens (tertiary/aromatic N) is 2. The van der Waals surface area contributed by atoms with Crippen LogP contribution in [0.2, 0.25) is 0 Å². The van der Waals surface area contributed by atoms with Gasteiger partial charge in [0.05, 0.1) is 5.56 Å². The Morgan fingerprint density at radius 3 is 2.48 bits per heavy atom. The SMILES string of the molecule is O=C(Nc1nnc(-c2ccccc2)o1)c1ccccc1Br. The molecule has 3 aromatic rings. The van der Waals surface area contributed by atoms with Crippen molar-refractivity contribution in [2.45, 2.75) is 0 Å². The molecule has 0 aliphatic heterocycles. The molecule has 2 aromatic carbocycles. The van der Waals surface area contributed by atoms with E-state index in [1.54, 1.807) is 18.2 Å². The molecule has 0 bridgehead atoms. The topological polar surface area (TPSA) is 68.0 Å². The molecule has 0 atom stereocenters. The molecule has 0 saturated carbocycles. The van der Waals surface area contributed by atoms with E-state index in [0.717, 1.165) is 5.56 Å². The van der Waals surface area contributed by atoms with Crippen LogP contribution in [-0.2, 0) is 0 Å². The first kappa shape index (κ1) is 13.5. The van der Waals surface area contributed by atoms with Crippen LogP contribution in [0.5, 0.6) is 0 Å². The average molecular weight is 344 g/mol. The molecule has 3 rings (SSSR count). The minimum Gasteiger partial charge on any atom is -0.403 e. The van der Waals surface area contributed by atoms with Gasteiger partial charge in [0.2, 0.25) is 5.89 Å². The summed E-state index contributed by atoms with van der Waals surface area (Å²) in [6, 6.07) is 16.5. The zero-order valence-electron chi connectivity index (χ0n) is 10.8. The van der Waals surface area contributed by atoms with Gasteiger partial charge in [0, 0.05) is 10.0 Å². The third-order valence-corrected chi connectivity index (χ3v) is 3.48. The summed E-state index contributed by atoms with van der Waals surface area (Å²) in [4.78, 5) is 12.1. The molecule has 0 unspecified atom stereocenters. The maximum atomic E-state index is 12.1. The van der Waals surface area contributed by atoms with Crippen molar-refractivity contribution in [2.24, 2.45) is 0 Å². The fourth-order valence-electron chi connectivity index (χ4n) is 1.78. The highest BCUT2D eigenvalue weighted by atomic mass is 79.9. The number of anilines is 1. The maximum absolute atomic E-state index is 12.1. The molecular weight excluding hydrogens is 334 g/mol. The number of rotatable bonds is 3. The number of nitrogens with one attached hydrogen (secondary N) is 1. The van der Waals surface area contributed by atoms with Crippen LogP contribution >= 0.6 is 15.9 Å². The second kappa shape index (κ2) is 5.88. The number of carbonyl (C=O) groups excluding carboxylic acids is 1. The van der Waals surface area contributed by atoms with E-state index in [4.69, 9.17) is 4.42 Å². The molecule has 0 aliphatic carbocycles. The van der Waals surface area contributed by atoms with Crippen LogP contribution < -0.4 is 5.32 Å². The molecule has 1 N–H and O–H groups in total. The Morgan fingerprint density at radius 2 is 1.71 bits per heavy atom. The lowest BCUT2D eigenvalue weighted by Crippen LogP contribution is -2.12. The van der Waals surface area contributed by atoms with E-state index in [1.165, 1.54) is 0 Å². The zero-order valence-corrected chi connectivity index (χ0v) is 12.4. The zero-order chi connectivity index (χ0) is 14.7. The normalized spacial score (nSPS) is 10.3. The second-order valence-electron chi connectivity index (χ2n) is 4.21. The van der Waals surface area contributed by atoms with Crippen LogP contribution in [0.3, 0.4) is 0 Å². The van der Waals surface area contributed by atoms with Crippen molar-refractivity contribution in [3.8, 4) is 11.5 Å². The number of halogens is 1. The largest absolute Gasteiger partial charge is 0.403 e. The lowest BCUT2D eigenvalue weighted by atomic mass is 10.2. The Kier molecular flexibility index (Phi) is 3.79.